The van der Waals surface area contributed by atoms with Crippen molar-refractivity contribution in [3.63, 3.8) is 0 Å². The average molecular weight is 266 g/mol. The molecule has 0 bridgehead atoms. The lowest BCUT2D eigenvalue weighted by Gasteiger charge is -2.07. The number of nitriles is 1. The minimum Gasteiger partial charge on any atom is -0.399 e. The molecule has 104 valence electrons. The summed E-state index contributed by atoms with van der Waals surface area (Å²) >= 11 is 0. The molecule has 0 heterocycles. The SMILES string of the molecule is C/C=C\C(=C/C=C(C)C)CCc1cc(C#N)ccc1N. The van der Waals surface area contributed by atoms with Crippen LogP contribution in [0.3, 0.4) is 0 Å². The summed E-state index contributed by atoms with van der Waals surface area (Å²) < 4.78 is 0. The van der Waals surface area contributed by atoms with Gasteiger partial charge in [0.2, 0.25) is 0 Å². The molecule has 0 saturated heterocycles. The molecule has 0 unspecified atom stereocenters. The van der Waals surface area contributed by atoms with E-state index in [0.717, 1.165) is 24.1 Å². The van der Waals surface area contributed by atoms with Crippen molar-refractivity contribution in [2.24, 2.45) is 0 Å². The molecule has 2 nitrogen and oxygen atoms in total. The van der Waals surface area contributed by atoms with Gasteiger partial charge in [-0.25, -0.2) is 0 Å². The van der Waals surface area contributed by atoms with Crippen molar-refractivity contribution in [1.82, 2.24) is 0 Å². The molecule has 2 heteroatoms. The predicted octanol–water partition coefficient (Wildman–Crippen LogP) is 4.54. The lowest BCUT2D eigenvalue weighted by atomic mass is 10.0. The van der Waals surface area contributed by atoms with Gasteiger partial charge in [0.15, 0.2) is 0 Å². The Balaban J connectivity index is 2.86. The average Bonchev–Trinajstić information content (AvgIpc) is 2.43. The van der Waals surface area contributed by atoms with Crippen LogP contribution in [-0.4, -0.2) is 0 Å². The molecule has 20 heavy (non-hydrogen) atoms. The van der Waals surface area contributed by atoms with Gasteiger partial charge in [0.05, 0.1) is 11.6 Å². The second-order valence-corrected chi connectivity index (χ2v) is 5.01. The van der Waals surface area contributed by atoms with Crippen molar-refractivity contribution < 1.29 is 0 Å². The monoisotopic (exact) mass is 266 g/mol. The summed E-state index contributed by atoms with van der Waals surface area (Å²) in [6, 6.07) is 7.60. The molecular formula is C18H22N2. The molecule has 0 aliphatic rings. The number of aryl methyl sites for hydroxylation is 1. The number of nitrogens with two attached hydrogens (primary N) is 1. The largest absolute Gasteiger partial charge is 0.399 e. The summed E-state index contributed by atoms with van der Waals surface area (Å²) in [7, 11) is 0. The molecule has 0 atom stereocenters. The maximum Gasteiger partial charge on any atom is 0.0991 e. The Labute approximate surface area is 121 Å². The third kappa shape index (κ3) is 5.16. The van der Waals surface area contributed by atoms with Crippen molar-refractivity contribution in [2.75, 3.05) is 5.73 Å². The quantitative estimate of drug-likeness (QED) is 0.628. The number of rotatable bonds is 5. The van der Waals surface area contributed by atoms with E-state index in [2.05, 4.69) is 38.1 Å². The fourth-order valence-corrected chi connectivity index (χ4v) is 1.88. The molecular weight excluding hydrogens is 244 g/mol. The van der Waals surface area contributed by atoms with Gasteiger partial charge in [-0.3, -0.25) is 0 Å². The number of nitrogens with zero attached hydrogens (tertiary/aromatic N) is 1. The Morgan fingerprint density at radius 3 is 2.65 bits per heavy atom. The Morgan fingerprint density at radius 1 is 1.30 bits per heavy atom. The third-order valence-corrected chi connectivity index (χ3v) is 2.97. The van der Waals surface area contributed by atoms with E-state index < -0.39 is 0 Å². The van der Waals surface area contributed by atoms with E-state index in [1.807, 2.05) is 25.1 Å². The first-order chi connectivity index (χ1) is 9.56. The highest BCUT2D eigenvalue weighted by Gasteiger charge is 2.02. The molecule has 1 aromatic rings. The zero-order chi connectivity index (χ0) is 15.0. The van der Waals surface area contributed by atoms with E-state index in [0.29, 0.717) is 5.56 Å². The number of benzene rings is 1. The zero-order valence-electron chi connectivity index (χ0n) is 12.5. The fraction of sp³-hybridized carbons (Fsp3) is 0.278. The van der Waals surface area contributed by atoms with Crippen molar-refractivity contribution in [3.05, 3.63) is 64.8 Å². The highest BCUT2D eigenvalue weighted by Crippen LogP contribution is 2.18. The van der Waals surface area contributed by atoms with Gasteiger partial charge in [0.1, 0.15) is 0 Å². The van der Waals surface area contributed by atoms with Gasteiger partial charge in [-0.05, 0) is 62.9 Å². The smallest absolute Gasteiger partial charge is 0.0991 e. The van der Waals surface area contributed by atoms with Crippen LogP contribution < -0.4 is 5.73 Å². The Hall–Kier alpha value is -2.27. The van der Waals surface area contributed by atoms with Gasteiger partial charge in [0.25, 0.3) is 0 Å². The molecule has 0 aromatic heterocycles. The lowest BCUT2D eigenvalue weighted by molar-refractivity contribution is 0.966. The number of nitrogen functional groups attached to an aromatic ring is 1. The number of hydrogen-bond acceptors (Lipinski definition) is 2. The van der Waals surface area contributed by atoms with Crippen LogP contribution in [0.5, 0.6) is 0 Å². The standard InChI is InChI=1S/C18H22N2/c1-4-5-15(7-6-14(2)3)8-10-17-12-16(13-19)9-11-18(17)20/h4-7,9,11-12H,8,10,20H2,1-3H3/b5-4-,15-7+. The zero-order valence-corrected chi connectivity index (χ0v) is 12.5. The molecule has 0 aliphatic heterocycles. The van der Waals surface area contributed by atoms with Crippen LogP contribution in [-0.2, 0) is 6.42 Å². The minimum atomic E-state index is 0.662. The molecule has 0 radical (unpaired) electrons. The summed E-state index contributed by atoms with van der Waals surface area (Å²) in [5.41, 5.74) is 11.0. The number of allylic oxidation sites excluding steroid dienone is 6. The molecule has 0 saturated carbocycles. The molecule has 1 rings (SSSR count). The minimum absolute atomic E-state index is 0.662. The van der Waals surface area contributed by atoms with Crippen LogP contribution in [0.15, 0.2) is 53.6 Å². The van der Waals surface area contributed by atoms with Gasteiger partial charge in [-0.1, -0.05) is 29.9 Å². The Morgan fingerprint density at radius 2 is 2.05 bits per heavy atom. The second-order valence-electron chi connectivity index (χ2n) is 5.01. The van der Waals surface area contributed by atoms with Crippen molar-refractivity contribution in [2.45, 2.75) is 33.6 Å². The fourth-order valence-electron chi connectivity index (χ4n) is 1.88. The van der Waals surface area contributed by atoms with Gasteiger partial charge < -0.3 is 5.73 Å². The molecule has 0 aliphatic carbocycles. The first kappa shape index (κ1) is 15.8. The van der Waals surface area contributed by atoms with E-state index in [-0.39, 0.29) is 0 Å². The normalized spacial score (nSPS) is 11.4. The first-order valence-corrected chi connectivity index (χ1v) is 6.82. The van der Waals surface area contributed by atoms with E-state index in [1.54, 1.807) is 6.07 Å². The number of hydrogen-bond donors (Lipinski definition) is 1. The van der Waals surface area contributed by atoms with E-state index in [9.17, 15) is 0 Å². The van der Waals surface area contributed by atoms with Crippen molar-refractivity contribution in [3.8, 4) is 6.07 Å². The van der Waals surface area contributed by atoms with Crippen LogP contribution in [0.25, 0.3) is 0 Å². The molecule has 1 aromatic carbocycles. The summed E-state index contributed by atoms with van der Waals surface area (Å²) in [5, 5.41) is 8.94. The van der Waals surface area contributed by atoms with Gasteiger partial charge in [0, 0.05) is 5.69 Å². The van der Waals surface area contributed by atoms with Crippen LogP contribution in [0.1, 0.15) is 38.3 Å². The summed E-state index contributed by atoms with van der Waals surface area (Å²) in [4.78, 5) is 0. The maximum absolute atomic E-state index is 8.94. The second kappa shape index (κ2) is 8.01. The Bertz CT molecular complexity index is 580. The van der Waals surface area contributed by atoms with Crippen molar-refractivity contribution >= 4 is 5.69 Å². The Kier molecular flexibility index (Phi) is 6.32. The van der Waals surface area contributed by atoms with Crippen LogP contribution >= 0.6 is 0 Å². The summed E-state index contributed by atoms with van der Waals surface area (Å²) in [6.07, 6.45) is 10.2. The van der Waals surface area contributed by atoms with Gasteiger partial charge in [-0.15, -0.1) is 0 Å². The lowest BCUT2D eigenvalue weighted by Crippen LogP contribution is -1.96. The topological polar surface area (TPSA) is 49.8 Å². The van der Waals surface area contributed by atoms with Crippen molar-refractivity contribution in [1.29, 1.82) is 5.26 Å². The van der Waals surface area contributed by atoms with Crippen LogP contribution in [0.2, 0.25) is 0 Å². The highest BCUT2D eigenvalue weighted by molar-refractivity contribution is 5.51. The molecule has 0 spiro atoms. The summed E-state index contributed by atoms with van der Waals surface area (Å²) in [6.45, 7) is 6.18. The summed E-state index contributed by atoms with van der Waals surface area (Å²) in [5.74, 6) is 0. The first-order valence-electron chi connectivity index (χ1n) is 6.82. The number of anilines is 1. The van der Waals surface area contributed by atoms with Gasteiger partial charge >= 0.3 is 0 Å². The molecule has 2 N–H and O–H groups in total. The third-order valence-electron chi connectivity index (χ3n) is 2.97. The van der Waals surface area contributed by atoms with Gasteiger partial charge in [-0.2, -0.15) is 5.26 Å². The van der Waals surface area contributed by atoms with E-state index >= 15 is 0 Å². The van der Waals surface area contributed by atoms with Crippen LogP contribution in [0, 0.1) is 11.3 Å². The maximum atomic E-state index is 8.94. The van der Waals surface area contributed by atoms with Crippen LogP contribution in [0.4, 0.5) is 5.69 Å². The van der Waals surface area contributed by atoms with E-state index in [1.165, 1.54) is 11.1 Å². The predicted molar refractivity (Wildman–Crippen MR) is 86.2 cm³/mol. The molecule has 0 amide bonds. The highest BCUT2D eigenvalue weighted by atomic mass is 14.6. The van der Waals surface area contributed by atoms with E-state index in [4.69, 9.17) is 11.0 Å². The molecule has 0 fully saturated rings.